The molecule has 2 aromatic heterocycles. The maximum atomic E-state index is 12.4. The van der Waals surface area contributed by atoms with E-state index >= 15 is 0 Å². The van der Waals surface area contributed by atoms with Crippen molar-refractivity contribution in [1.29, 1.82) is 0 Å². The molecule has 2 N–H and O–H groups in total. The van der Waals surface area contributed by atoms with Crippen molar-refractivity contribution in [2.45, 2.75) is 23.6 Å². The van der Waals surface area contributed by atoms with Gasteiger partial charge >= 0.3 is 0 Å². The van der Waals surface area contributed by atoms with Crippen LogP contribution in [0.1, 0.15) is 11.8 Å². The van der Waals surface area contributed by atoms with Crippen molar-refractivity contribution in [3.05, 3.63) is 33.8 Å². The Kier molecular flexibility index (Phi) is 4.29. The SMILES string of the molecule is CC(Cc1cccs1)N(C)S(=O)(=O)c1cc(N)cs1. The number of nitrogens with zero attached hydrogens (tertiary/aromatic N) is 1. The first-order valence-electron chi connectivity index (χ1n) is 5.75. The van der Waals surface area contributed by atoms with Crippen molar-refractivity contribution < 1.29 is 8.42 Å². The van der Waals surface area contributed by atoms with Gasteiger partial charge in [0.05, 0.1) is 0 Å². The van der Waals surface area contributed by atoms with E-state index in [0.717, 1.165) is 11.3 Å². The van der Waals surface area contributed by atoms with E-state index in [1.54, 1.807) is 23.8 Å². The number of thiophene rings is 2. The molecule has 4 nitrogen and oxygen atoms in total. The van der Waals surface area contributed by atoms with Crippen LogP contribution in [0.2, 0.25) is 0 Å². The summed E-state index contributed by atoms with van der Waals surface area (Å²) in [6.45, 7) is 1.91. The van der Waals surface area contributed by atoms with E-state index in [-0.39, 0.29) is 6.04 Å². The highest BCUT2D eigenvalue weighted by Crippen LogP contribution is 2.26. The van der Waals surface area contributed by atoms with Crippen molar-refractivity contribution in [2.75, 3.05) is 12.8 Å². The van der Waals surface area contributed by atoms with E-state index in [4.69, 9.17) is 5.73 Å². The lowest BCUT2D eigenvalue weighted by atomic mass is 10.2. The molecular formula is C12H16N2O2S3. The highest BCUT2D eigenvalue weighted by Gasteiger charge is 2.26. The van der Waals surface area contributed by atoms with Crippen molar-refractivity contribution in [2.24, 2.45) is 0 Å². The molecule has 0 amide bonds. The molecule has 0 aromatic carbocycles. The van der Waals surface area contributed by atoms with Gasteiger partial charge in [-0.15, -0.1) is 22.7 Å². The van der Waals surface area contributed by atoms with Crippen LogP contribution in [0.3, 0.4) is 0 Å². The fourth-order valence-corrected chi connectivity index (χ4v) is 5.14. The van der Waals surface area contributed by atoms with Crippen LogP contribution in [0.4, 0.5) is 5.69 Å². The van der Waals surface area contributed by atoms with Gasteiger partial charge in [0.15, 0.2) is 0 Å². The van der Waals surface area contributed by atoms with Gasteiger partial charge in [0.25, 0.3) is 10.0 Å². The normalized spacial score (nSPS) is 13.8. The van der Waals surface area contributed by atoms with Crippen molar-refractivity contribution >= 4 is 38.4 Å². The van der Waals surface area contributed by atoms with Gasteiger partial charge < -0.3 is 5.73 Å². The molecule has 0 bridgehead atoms. The molecule has 19 heavy (non-hydrogen) atoms. The van der Waals surface area contributed by atoms with E-state index in [1.165, 1.54) is 15.2 Å². The van der Waals surface area contributed by atoms with Crippen molar-refractivity contribution in [3.8, 4) is 0 Å². The molecular weight excluding hydrogens is 300 g/mol. The van der Waals surface area contributed by atoms with Crippen LogP contribution < -0.4 is 5.73 Å². The molecule has 0 aliphatic heterocycles. The topological polar surface area (TPSA) is 63.4 Å². The van der Waals surface area contributed by atoms with Crippen LogP contribution >= 0.6 is 22.7 Å². The summed E-state index contributed by atoms with van der Waals surface area (Å²) in [7, 11) is -1.83. The molecule has 7 heteroatoms. The summed E-state index contributed by atoms with van der Waals surface area (Å²) >= 11 is 2.80. The van der Waals surface area contributed by atoms with Crippen molar-refractivity contribution in [1.82, 2.24) is 4.31 Å². The second kappa shape index (κ2) is 5.62. The van der Waals surface area contributed by atoms with Gasteiger partial charge in [0.1, 0.15) is 4.21 Å². The van der Waals surface area contributed by atoms with E-state index in [1.807, 2.05) is 24.4 Å². The van der Waals surface area contributed by atoms with Crippen LogP contribution in [-0.2, 0) is 16.4 Å². The smallest absolute Gasteiger partial charge is 0.252 e. The summed E-state index contributed by atoms with van der Waals surface area (Å²) in [5, 5.41) is 3.64. The quantitative estimate of drug-likeness (QED) is 0.922. The highest BCUT2D eigenvalue weighted by atomic mass is 32.2. The summed E-state index contributed by atoms with van der Waals surface area (Å²) in [4.78, 5) is 1.18. The number of sulfonamides is 1. The zero-order chi connectivity index (χ0) is 14.0. The number of hydrogen-bond acceptors (Lipinski definition) is 5. The summed E-state index contributed by atoms with van der Waals surface area (Å²) in [5.74, 6) is 0. The van der Waals surface area contributed by atoms with Crippen LogP contribution in [0.25, 0.3) is 0 Å². The third kappa shape index (κ3) is 3.17. The van der Waals surface area contributed by atoms with Gasteiger partial charge in [-0.05, 0) is 30.9 Å². The Labute approximate surface area is 121 Å². The first kappa shape index (κ1) is 14.5. The number of rotatable bonds is 5. The third-order valence-corrected chi connectivity index (χ3v) is 7.23. The van der Waals surface area contributed by atoms with E-state index in [2.05, 4.69) is 0 Å². The first-order valence-corrected chi connectivity index (χ1v) is 8.95. The molecule has 0 aliphatic rings. The molecule has 1 atom stereocenters. The number of likely N-dealkylation sites (N-methyl/N-ethyl adjacent to an activating group) is 1. The largest absolute Gasteiger partial charge is 0.398 e. The predicted molar refractivity (Wildman–Crippen MR) is 81.2 cm³/mol. The third-order valence-electron chi connectivity index (χ3n) is 2.93. The van der Waals surface area contributed by atoms with E-state index < -0.39 is 10.0 Å². The molecule has 0 saturated carbocycles. The number of nitrogens with two attached hydrogens (primary N) is 1. The zero-order valence-corrected chi connectivity index (χ0v) is 13.2. The molecule has 2 rings (SSSR count). The lowest BCUT2D eigenvalue weighted by Gasteiger charge is -2.23. The minimum Gasteiger partial charge on any atom is -0.398 e. The molecule has 1 unspecified atom stereocenters. The standard InChI is InChI=1S/C12H16N2O2S3/c1-9(6-11-4-3-5-17-11)14(2)19(15,16)12-7-10(13)8-18-12/h3-5,7-9H,6,13H2,1-2H3. The van der Waals surface area contributed by atoms with E-state index in [9.17, 15) is 8.42 Å². The monoisotopic (exact) mass is 316 g/mol. The van der Waals surface area contributed by atoms with Gasteiger partial charge in [-0.2, -0.15) is 4.31 Å². The summed E-state index contributed by atoms with van der Waals surface area (Å²) in [5.41, 5.74) is 6.08. The lowest BCUT2D eigenvalue weighted by Crippen LogP contribution is -2.35. The average molecular weight is 316 g/mol. The second-order valence-corrected chi connectivity index (χ2v) is 8.52. The van der Waals surface area contributed by atoms with E-state index in [0.29, 0.717) is 16.3 Å². The Morgan fingerprint density at radius 2 is 2.16 bits per heavy atom. The maximum absolute atomic E-state index is 12.4. The molecule has 0 radical (unpaired) electrons. The molecule has 0 fully saturated rings. The Hall–Kier alpha value is -0.890. The Balaban J connectivity index is 2.16. The lowest BCUT2D eigenvalue weighted by molar-refractivity contribution is 0.389. The fraction of sp³-hybridized carbons (Fsp3) is 0.333. The number of anilines is 1. The summed E-state index contributed by atoms with van der Waals surface area (Å²) in [6, 6.07) is 5.41. The first-order chi connectivity index (χ1) is 8.91. The Morgan fingerprint density at radius 3 is 2.68 bits per heavy atom. The molecule has 0 saturated heterocycles. The van der Waals surface area contributed by atoms with Gasteiger partial charge in [-0.1, -0.05) is 6.07 Å². The van der Waals surface area contributed by atoms with Gasteiger partial charge in [0.2, 0.25) is 0 Å². The van der Waals surface area contributed by atoms with Gasteiger partial charge in [-0.25, -0.2) is 8.42 Å². The van der Waals surface area contributed by atoms with Crippen molar-refractivity contribution in [3.63, 3.8) is 0 Å². The summed E-state index contributed by atoms with van der Waals surface area (Å²) in [6.07, 6.45) is 0.717. The maximum Gasteiger partial charge on any atom is 0.252 e. The van der Waals surface area contributed by atoms with Gasteiger partial charge in [-0.3, -0.25) is 0 Å². The summed E-state index contributed by atoms with van der Waals surface area (Å²) < 4.78 is 26.5. The average Bonchev–Trinajstić information content (AvgIpc) is 2.99. The van der Waals surface area contributed by atoms with Crippen LogP contribution in [0.5, 0.6) is 0 Å². The van der Waals surface area contributed by atoms with Crippen LogP contribution in [0, 0.1) is 0 Å². The minimum atomic E-state index is -3.44. The molecule has 104 valence electrons. The minimum absolute atomic E-state index is 0.0908. The Bertz CT molecular complexity index is 632. The van der Waals surface area contributed by atoms with Crippen LogP contribution in [0.15, 0.2) is 33.2 Å². The fourth-order valence-electron chi connectivity index (χ4n) is 1.69. The van der Waals surface area contributed by atoms with Crippen LogP contribution in [-0.4, -0.2) is 25.8 Å². The molecule has 0 spiro atoms. The molecule has 2 aromatic rings. The number of nitrogen functional groups attached to an aromatic ring is 1. The molecule has 2 heterocycles. The van der Waals surface area contributed by atoms with Gasteiger partial charge in [0, 0.05) is 29.0 Å². The number of hydrogen-bond donors (Lipinski definition) is 1. The Morgan fingerprint density at radius 1 is 1.42 bits per heavy atom. The highest BCUT2D eigenvalue weighted by molar-refractivity contribution is 7.91. The zero-order valence-electron chi connectivity index (χ0n) is 10.7. The molecule has 0 aliphatic carbocycles. The predicted octanol–water partition coefficient (Wildman–Crippen LogP) is 2.64. The second-order valence-electron chi connectivity index (χ2n) is 4.35.